The van der Waals surface area contributed by atoms with Crippen molar-refractivity contribution in [3.63, 3.8) is 0 Å². The fraction of sp³-hybridized carbons (Fsp3) is 0.118. The molecule has 0 aliphatic carbocycles. The maximum Gasteiger partial charge on any atom is 0.264 e. The molecule has 23 heavy (non-hydrogen) atoms. The second-order valence-electron chi connectivity index (χ2n) is 4.89. The van der Waals surface area contributed by atoms with Gasteiger partial charge in [-0.15, -0.1) is 0 Å². The van der Waals surface area contributed by atoms with Gasteiger partial charge >= 0.3 is 0 Å². The summed E-state index contributed by atoms with van der Waals surface area (Å²) in [7, 11) is 0. The van der Waals surface area contributed by atoms with Crippen LogP contribution in [0.4, 0.5) is 0 Å². The van der Waals surface area contributed by atoms with Gasteiger partial charge in [-0.3, -0.25) is 4.79 Å². The van der Waals surface area contributed by atoms with Gasteiger partial charge in [0.2, 0.25) is 5.82 Å². The van der Waals surface area contributed by atoms with Crippen LogP contribution in [0, 0.1) is 0 Å². The van der Waals surface area contributed by atoms with Gasteiger partial charge in [-0.05, 0) is 31.2 Å². The molecular weight excluding hydrogens is 360 g/mol. The molecule has 0 amide bonds. The van der Waals surface area contributed by atoms with Crippen LogP contribution in [0.25, 0.3) is 11.4 Å². The molecule has 0 aliphatic heterocycles. The first-order valence-corrected chi connectivity index (χ1v) is 7.73. The zero-order valence-corrected chi connectivity index (χ0v) is 13.9. The number of nitrogens with zero attached hydrogens (tertiary/aromatic N) is 2. The van der Waals surface area contributed by atoms with E-state index in [-0.39, 0.29) is 12.4 Å². The van der Waals surface area contributed by atoms with Crippen molar-refractivity contribution in [2.24, 2.45) is 0 Å². The van der Waals surface area contributed by atoms with E-state index in [4.69, 9.17) is 9.26 Å². The lowest BCUT2D eigenvalue weighted by Gasteiger charge is -2.04. The lowest BCUT2D eigenvalue weighted by molar-refractivity contribution is 0.101. The van der Waals surface area contributed by atoms with E-state index in [2.05, 4.69) is 26.1 Å². The van der Waals surface area contributed by atoms with Crippen LogP contribution in [0.5, 0.6) is 5.75 Å². The maximum absolute atomic E-state index is 11.4. The first-order chi connectivity index (χ1) is 11.1. The average Bonchev–Trinajstić information content (AvgIpc) is 3.02. The summed E-state index contributed by atoms with van der Waals surface area (Å²) < 4.78 is 11.7. The number of ether oxygens (including phenoxy) is 1. The van der Waals surface area contributed by atoms with Crippen LogP contribution in [-0.4, -0.2) is 15.9 Å². The summed E-state index contributed by atoms with van der Waals surface area (Å²) in [6.07, 6.45) is 0. The SMILES string of the molecule is CC(=O)c1cccc(OCc2nc(-c3cccc(Br)c3)no2)c1. The lowest BCUT2D eigenvalue weighted by Crippen LogP contribution is -1.98. The number of benzene rings is 2. The van der Waals surface area contributed by atoms with Crippen molar-refractivity contribution in [2.45, 2.75) is 13.5 Å². The highest BCUT2D eigenvalue weighted by atomic mass is 79.9. The third kappa shape index (κ3) is 3.84. The van der Waals surface area contributed by atoms with Crippen LogP contribution in [0.2, 0.25) is 0 Å². The normalized spacial score (nSPS) is 10.5. The summed E-state index contributed by atoms with van der Waals surface area (Å²) in [5.41, 5.74) is 1.45. The average molecular weight is 373 g/mol. The van der Waals surface area contributed by atoms with Crippen LogP contribution >= 0.6 is 15.9 Å². The monoisotopic (exact) mass is 372 g/mol. The summed E-state index contributed by atoms with van der Waals surface area (Å²) in [6, 6.07) is 14.6. The molecule has 0 fully saturated rings. The molecular formula is C17H13BrN2O3. The van der Waals surface area contributed by atoms with Crippen molar-refractivity contribution in [1.29, 1.82) is 0 Å². The number of Topliss-reactive ketones (excluding diaryl/α,β-unsaturated/α-hetero) is 1. The topological polar surface area (TPSA) is 65.2 Å². The Kier molecular flexibility index (Phi) is 4.52. The molecule has 5 nitrogen and oxygen atoms in total. The van der Waals surface area contributed by atoms with Crippen LogP contribution in [-0.2, 0) is 6.61 Å². The van der Waals surface area contributed by atoms with Crippen LogP contribution < -0.4 is 4.74 Å². The van der Waals surface area contributed by atoms with Crippen LogP contribution in [0.1, 0.15) is 23.2 Å². The summed E-state index contributed by atoms with van der Waals surface area (Å²) in [4.78, 5) is 15.7. The Morgan fingerprint density at radius 2 is 2.04 bits per heavy atom. The van der Waals surface area contributed by atoms with Gasteiger partial charge in [0.25, 0.3) is 5.89 Å². The predicted molar refractivity (Wildman–Crippen MR) is 88.2 cm³/mol. The Hall–Kier alpha value is -2.47. The number of hydrogen-bond donors (Lipinski definition) is 0. The number of carbonyl (C=O) groups is 1. The van der Waals surface area contributed by atoms with E-state index < -0.39 is 0 Å². The van der Waals surface area contributed by atoms with Gasteiger partial charge < -0.3 is 9.26 Å². The summed E-state index contributed by atoms with van der Waals surface area (Å²) in [6.45, 7) is 1.66. The quantitative estimate of drug-likeness (QED) is 0.625. The van der Waals surface area contributed by atoms with Crippen molar-refractivity contribution in [3.05, 3.63) is 64.5 Å². The van der Waals surface area contributed by atoms with Gasteiger partial charge in [-0.2, -0.15) is 4.98 Å². The number of aromatic nitrogens is 2. The number of hydrogen-bond acceptors (Lipinski definition) is 5. The number of carbonyl (C=O) groups excluding carboxylic acids is 1. The molecule has 0 unspecified atom stereocenters. The fourth-order valence-electron chi connectivity index (χ4n) is 2.01. The van der Waals surface area contributed by atoms with Gasteiger partial charge in [-0.25, -0.2) is 0 Å². The molecule has 1 heterocycles. The second-order valence-corrected chi connectivity index (χ2v) is 5.81. The second kappa shape index (κ2) is 6.75. The van der Waals surface area contributed by atoms with E-state index in [1.54, 1.807) is 24.3 Å². The smallest absolute Gasteiger partial charge is 0.264 e. The van der Waals surface area contributed by atoms with Gasteiger partial charge in [0.05, 0.1) is 0 Å². The first kappa shape index (κ1) is 15.4. The summed E-state index contributed by atoms with van der Waals surface area (Å²) in [5, 5.41) is 3.94. The molecule has 2 aromatic carbocycles. The van der Waals surface area contributed by atoms with Crippen LogP contribution in [0.15, 0.2) is 57.5 Å². The van der Waals surface area contributed by atoms with Gasteiger partial charge in [0.15, 0.2) is 12.4 Å². The molecule has 0 bridgehead atoms. The van der Waals surface area contributed by atoms with Crippen molar-refractivity contribution >= 4 is 21.7 Å². The Labute approximate surface area is 141 Å². The molecule has 0 saturated heterocycles. The molecule has 0 radical (unpaired) electrons. The summed E-state index contributed by atoms with van der Waals surface area (Å²) >= 11 is 3.41. The molecule has 116 valence electrons. The van der Waals surface area contributed by atoms with E-state index in [0.717, 1.165) is 10.0 Å². The van der Waals surface area contributed by atoms with Crippen molar-refractivity contribution < 1.29 is 14.1 Å². The molecule has 0 N–H and O–H groups in total. The third-order valence-corrected chi connectivity index (χ3v) is 3.65. The zero-order valence-electron chi connectivity index (χ0n) is 12.3. The van der Waals surface area contributed by atoms with Gasteiger partial charge in [-0.1, -0.05) is 45.4 Å². The first-order valence-electron chi connectivity index (χ1n) is 6.94. The van der Waals surface area contributed by atoms with Crippen molar-refractivity contribution in [3.8, 4) is 17.1 Å². The minimum Gasteiger partial charge on any atom is -0.484 e. The molecule has 1 aromatic heterocycles. The number of ketones is 1. The number of rotatable bonds is 5. The third-order valence-electron chi connectivity index (χ3n) is 3.15. The van der Waals surface area contributed by atoms with E-state index in [0.29, 0.717) is 23.0 Å². The predicted octanol–water partition coefficient (Wildman–Crippen LogP) is 4.28. The van der Waals surface area contributed by atoms with Crippen LogP contribution in [0.3, 0.4) is 0 Å². The standard InChI is InChI=1S/C17H13BrN2O3/c1-11(21)12-4-3-7-15(9-12)22-10-16-19-17(20-23-16)13-5-2-6-14(18)8-13/h2-9H,10H2,1H3. The Bertz CT molecular complexity index is 845. The highest BCUT2D eigenvalue weighted by Gasteiger charge is 2.10. The van der Waals surface area contributed by atoms with Crippen molar-refractivity contribution in [1.82, 2.24) is 10.1 Å². The Morgan fingerprint density at radius 1 is 1.22 bits per heavy atom. The van der Waals surface area contributed by atoms with E-state index >= 15 is 0 Å². The molecule has 0 saturated carbocycles. The van der Waals surface area contributed by atoms with Gasteiger partial charge in [0, 0.05) is 15.6 Å². The molecule has 0 spiro atoms. The van der Waals surface area contributed by atoms with E-state index in [1.165, 1.54) is 6.92 Å². The minimum atomic E-state index is -0.00909. The van der Waals surface area contributed by atoms with Gasteiger partial charge in [0.1, 0.15) is 5.75 Å². The van der Waals surface area contributed by atoms with E-state index in [9.17, 15) is 4.79 Å². The Morgan fingerprint density at radius 3 is 2.83 bits per heavy atom. The molecule has 0 aliphatic rings. The molecule has 3 rings (SSSR count). The maximum atomic E-state index is 11.4. The zero-order chi connectivity index (χ0) is 16.2. The highest BCUT2D eigenvalue weighted by molar-refractivity contribution is 9.10. The minimum absolute atomic E-state index is 0.00909. The largest absolute Gasteiger partial charge is 0.484 e. The molecule has 0 atom stereocenters. The number of halogens is 1. The summed E-state index contributed by atoms with van der Waals surface area (Å²) in [5.74, 6) is 1.45. The van der Waals surface area contributed by atoms with Crippen molar-refractivity contribution in [2.75, 3.05) is 0 Å². The fourth-order valence-corrected chi connectivity index (χ4v) is 2.41. The Balaban J connectivity index is 1.70. The highest BCUT2D eigenvalue weighted by Crippen LogP contribution is 2.21. The molecule has 6 heteroatoms. The van der Waals surface area contributed by atoms with E-state index in [1.807, 2.05) is 24.3 Å². The molecule has 3 aromatic rings. The lowest BCUT2D eigenvalue weighted by atomic mass is 10.1.